The van der Waals surface area contributed by atoms with Crippen LogP contribution in [0.1, 0.15) is 33.3 Å². The molecule has 0 unspecified atom stereocenters. The standard InChI is InChI=1S/C17H22N4O3S/c1-10-8-6-7-9-12(10)14-20-21-16(24-14)25-11(2)13(22)18-15(23)19-17(3,4)5/h6-9,11H,1-5H3,(H2,18,19,22,23)/t11-/m0/s1. The molecule has 0 saturated heterocycles. The number of aromatic nitrogens is 2. The summed E-state index contributed by atoms with van der Waals surface area (Å²) in [5.41, 5.74) is 1.45. The van der Waals surface area contributed by atoms with Gasteiger partial charge in [0.1, 0.15) is 0 Å². The van der Waals surface area contributed by atoms with E-state index in [4.69, 9.17) is 4.42 Å². The van der Waals surface area contributed by atoms with E-state index < -0.39 is 22.7 Å². The van der Waals surface area contributed by atoms with Gasteiger partial charge in [-0.1, -0.05) is 30.0 Å². The van der Waals surface area contributed by atoms with Crippen LogP contribution in [0.15, 0.2) is 33.9 Å². The lowest BCUT2D eigenvalue weighted by atomic mass is 10.1. The van der Waals surface area contributed by atoms with Gasteiger partial charge in [-0.3, -0.25) is 10.1 Å². The van der Waals surface area contributed by atoms with Crippen LogP contribution in [0, 0.1) is 6.92 Å². The lowest BCUT2D eigenvalue weighted by Gasteiger charge is -2.20. The lowest BCUT2D eigenvalue weighted by Crippen LogP contribution is -2.49. The van der Waals surface area contributed by atoms with Gasteiger partial charge in [-0.2, -0.15) is 0 Å². The summed E-state index contributed by atoms with van der Waals surface area (Å²) in [5, 5.41) is 12.7. The Morgan fingerprint density at radius 3 is 2.52 bits per heavy atom. The number of imide groups is 1. The van der Waals surface area contributed by atoms with E-state index in [-0.39, 0.29) is 5.22 Å². The molecule has 0 radical (unpaired) electrons. The maximum atomic E-state index is 12.1. The van der Waals surface area contributed by atoms with E-state index in [1.54, 1.807) is 6.92 Å². The Labute approximate surface area is 151 Å². The second-order valence-corrected chi connectivity index (χ2v) is 7.93. The number of benzene rings is 1. The van der Waals surface area contributed by atoms with Gasteiger partial charge in [0.2, 0.25) is 11.8 Å². The summed E-state index contributed by atoms with van der Waals surface area (Å²) in [5.74, 6) is -0.0268. The zero-order valence-corrected chi connectivity index (χ0v) is 15.7. The first-order chi connectivity index (χ1) is 11.7. The first kappa shape index (κ1) is 19.0. The van der Waals surface area contributed by atoms with Crippen LogP contribution in [0.3, 0.4) is 0 Å². The average molecular weight is 362 g/mol. The van der Waals surface area contributed by atoms with Crippen molar-refractivity contribution in [2.24, 2.45) is 0 Å². The molecule has 7 nitrogen and oxygen atoms in total. The number of rotatable bonds is 4. The number of aryl methyl sites for hydroxylation is 1. The number of nitrogens with one attached hydrogen (secondary N) is 2. The molecular weight excluding hydrogens is 340 g/mol. The zero-order valence-electron chi connectivity index (χ0n) is 14.9. The highest BCUT2D eigenvalue weighted by Crippen LogP contribution is 2.27. The van der Waals surface area contributed by atoms with Crippen LogP contribution in [-0.2, 0) is 4.79 Å². The number of urea groups is 1. The molecule has 0 saturated carbocycles. The number of thioether (sulfide) groups is 1. The van der Waals surface area contributed by atoms with Crippen molar-refractivity contribution >= 4 is 23.7 Å². The monoisotopic (exact) mass is 362 g/mol. The molecule has 2 N–H and O–H groups in total. The minimum absolute atomic E-state index is 0.275. The molecule has 0 aliphatic rings. The van der Waals surface area contributed by atoms with Crippen molar-refractivity contribution in [2.45, 2.75) is 50.6 Å². The quantitative estimate of drug-likeness (QED) is 0.811. The molecule has 0 aliphatic carbocycles. The highest BCUT2D eigenvalue weighted by Gasteiger charge is 2.22. The third-order valence-corrected chi connectivity index (χ3v) is 4.09. The highest BCUT2D eigenvalue weighted by atomic mass is 32.2. The molecule has 2 aromatic rings. The van der Waals surface area contributed by atoms with Gasteiger partial charge >= 0.3 is 6.03 Å². The van der Waals surface area contributed by atoms with Crippen molar-refractivity contribution in [3.05, 3.63) is 29.8 Å². The van der Waals surface area contributed by atoms with Crippen LogP contribution in [0.5, 0.6) is 0 Å². The van der Waals surface area contributed by atoms with Gasteiger partial charge in [-0.15, -0.1) is 10.2 Å². The third kappa shape index (κ3) is 5.60. The van der Waals surface area contributed by atoms with Gasteiger partial charge in [0.25, 0.3) is 5.22 Å². The molecule has 134 valence electrons. The fourth-order valence-corrected chi connectivity index (χ4v) is 2.65. The van der Waals surface area contributed by atoms with Crippen LogP contribution < -0.4 is 10.6 Å². The largest absolute Gasteiger partial charge is 0.411 e. The van der Waals surface area contributed by atoms with Gasteiger partial charge in [0, 0.05) is 11.1 Å². The molecule has 0 bridgehead atoms. The highest BCUT2D eigenvalue weighted by molar-refractivity contribution is 8.00. The molecular formula is C17H22N4O3S. The Kier molecular flexibility index (Phi) is 5.84. The number of hydrogen-bond acceptors (Lipinski definition) is 6. The van der Waals surface area contributed by atoms with E-state index in [9.17, 15) is 9.59 Å². The number of amides is 3. The SMILES string of the molecule is Cc1ccccc1-c1nnc(S[C@@H](C)C(=O)NC(=O)NC(C)(C)C)o1. The van der Waals surface area contributed by atoms with Crippen molar-refractivity contribution in [3.63, 3.8) is 0 Å². The first-order valence-electron chi connectivity index (χ1n) is 7.85. The van der Waals surface area contributed by atoms with E-state index in [0.29, 0.717) is 5.89 Å². The maximum Gasteiger partial charge on any atom is 0.321 e. The summed E-state index contributed by atoms with van der Waals surface area (Å²) in [6.07, 6.45) is 0. The van der Waals surface area contributed by atoms with Gasteiger partial charge in [-0.25, -0.2) is 4.79 Å². The molecule has 1 heterocycles. The fourth-order valence-electron chi connectivity index (χ4n) is 1.97. The number of nitrogens with zero attached hydrogens (tertiary/aromatic N) is 2. The summed E-state index contributed by atoms with van der Waals surface area (Å²) in [4.78, 5) is 23.8. The maximum absolute atomic E-state index is 12.1. The zero-order chi connectivity index (χ0) is 18.6. The smallest absolute Gasteiger partial charge is 0.321 e. The summed E-state index contributed by atoms with van der Waals surface area (Å²) < 4.78 is 5.62. The molecule has 0 aliphatic heterocycles. The first-order valence-corrected chi connectivity index (χ1v) is 8.73. The third-order valence-electron chi connectivity index (χ3n) is 3.15. The molecule has 1 aromatic carbocycles. The summed E-state index contributed by atoms with van der Waals surface area (Å²) in [6.45, 7) is 9.13. The Balaban J connectivity index is 1.97. The van der Waals surface area contributed by atoms with E-state index in [1.807, 2.05) is 52.0 Å². The van der Waals surface area contributed by atoms with Gasteiger partial charge in [0.05, 0.1) is 5.25 Å². The Morgan fingerprint density at radius 1 is 1.20 bits per heavy atom. The van der Waals surface area contributed by atoms with Crippen LogP contribution >= 0.6 is 11.8 Å². The van der Waals surface area contributed by atoms with Crippen molar-refractivity contribution in [1.82, 2.24) is 20.8 Å². The van der Waals surface area contributed by atoms with Crippen molar-refractivity contribution in [1.29, 1.82) is 0 Å². The second-order valence-electron chi connectivity index (χ2n) is 6.64. The molecule has 25 heavy (non-hydrogen) atoms. The van der Waals surface area contributed by atoms with Crippen molar-refractivity contribution in [2.75, 3.05) is 0 Å². The molecule has 1 aromatic heterocycles. The minimum Gasteiger partial charge on any atom is -0.411 e. The molecule has 0 spiro atoms. The molecule has 1 atom stereocenters. The summed E-state index contributed by atoms with van der Waals surface area (Å²) in [6, 6.07) is 7.14. The van der Waals surface area contributed by atoms with E-state index in [0.717, 1.165) is 22.9 Å². The number of hydrogen-bond donors (Lipinski definition) is 2. The Bertz CT molecular complexity index is 767. The van der Waals surface area contributed by atoms with Crippen LogP contribution in [-0.4, -0.2) is 32.9 Å². The second kappa shape index (κ2) is 7.69. The van der Waals surface area contributed by atoms with Crippen molar-refractivity contribution < 1.29 is 14.0 Å². The fraction of sp³-hybridized carbons (Fsp3) is 0.412. The Hall–Kier alpha value is -2.35. The normalized spacial score (nSPS) is 12.5. The summed E-state index contributed by atoms with van der Waals surface area (Å²) >= 11 is 1.10. The molecule has 2 rings (SSSR count). The van der Waals surface area contributed by atoms with Crippen molar-refractivity contribution in [3.8, 4) is 11.5 Å². The Morgan fingerprint density at radius 2 is 1.88 bits per heavy atom. The lowest BCUT2D eigenvalue weighted by molar-refractivity contribution is -0.119. The van der Waals surface area contributed by atoms with E-state index >= 15 is 0 Å². The van der Waals surface area contributed by atoms with Crippen LogP contribution in [0.25, 0.3) is 11.5 Å². The van der Waals surface area contributed by atoms with Gasteiger partial charge in [0.15, 0.2) is 0 Å². The number of carbonyl (C=O) groups excluding carboxylic acids is 2. The molecule has 3 amide bonds. The molecule has 8 heteroatoms. The topological polar surface area (TPSA) is 97.1 Å². The van der Waals surface area contributed by atoms with Gasteiger partial charge in [-0.05, 0) is 46.2 Å². The summed E-state index contributed by atoms with van der Waals surface area (Å²) in [7, 11) is 0. The molecule has 0 fully saturated rings. The van der Waals surface area contributed by atoms with Gasteiger partial charge < -0.3 is 9.73 Å². The van der Waals surface area contributed by atoms with E-state index in [1.165, 1.54) is 0 Å². The van der Waals surface area contributed by atoms with E-state index in [2.05, 4.69) is 20.8 Å². The predicted molar refractivity (Wildman–Crippen MR) is 96.2 cm³/mol. The van der Waals surface area contributed by atoms with Crippen LogP contribution in [0.2, 0.25) is 0 Å². The number of carbonyl (C=O) groups is 2. The average Bonchev–Trinajstić information content (AvgIpc) is 2.93. The van der Waals surface area contributed by atoms with Crippen LogP contribution in [0.4, 0.5) is 4.79 Å². The minimum atomic E-state index is -0.559. The predicted octanol–water partition coefficient (Wildman–Crippen LogP) is 3.15.